The molecule has 1 amide bonds. The summed E-state index contributed by atoms with van der Waals surface area (Å²) in [5.74, 6) is -5.79. The summed E-state index contributed by atoms with van der Waals surface area (Å²) in [6.45, 7) is 4.02. The molecule has 216 valence electrons. The van der Waals surface area contributed by atoms with Gasteiger partial charge in [-0.3, -0.25) is 14.6 Å². The van der Waals surface area contributed by atoms with Crippen LogP contribution in [0, 0.1) is 0 Å². The zero-order valence-electron chi connectivity index (χ0n) is 22.8. The molecule has 0 fully saturated rings. The summed E-state index contributed by atoms with van der Waals surface area (Å²) < 4.78 is 0. The molecule has 13 heteroatoms. The number of carbonyl (C=O) groups is 5. The fourth-order valence-corrected chi connectivity index (χ4v) is 2.85. The molecule has 0 aliphatic heterocycles. The van der Waals surface area contributed by atoms with Crippen LogP contribution in [0.4, 0.5) is 0 Å². The Kier molecular flexibility index (Phi) is 28.6. The predicted octanol–water partition coefficient (Wildman–Crippen LogP) is 1.04. The maximum Gasteiger partial charge on any atom is 2.00 e. The second kappa shape index (κ2) is 27.1. The largest absolute Gasteiger partial charge is 2.00 e. The second-order valence-electron chi connectivity index (χ2n) is 8.22. The van der Waals surface area contributed by atoms with Gasteiger partial charge in [-0.2, -0.15) is 0 Å². The molecule has 0 unspecified atom stereocenters. The monoisotopic (exact) mass is 580 g/mol. The number of unbranched alkanes of at least 4 members (excludes halogenated alkanes) is 2. The molecule has 0 spiro atoms. The van der Waals surface area contributed by atoms with Crippen LogP contribution in [0.1, 0.15) is 90.9 Å². The van der Waals surface area contributed by atoms with Gasteiger partial charge < -0.3 is 35.6 Å². The van der Waals surface area contributed by atoms with E-state index < -0.39 is 48.3 Å². The van der Waals surface area contributed by atoms with Crippen molar-refractivity contribution in [2.45, 2.75) is 103 Å². The molecule has 0 aromatic rings. The molecule has 39 heavy (non-hydrogen) atoms. The number of hydrogen-bond acceptors (Lipinski definition) is 8. The second-order valence-corrected chi connectivity index (χ2v) is 8.22. The summed E-state index contributed by atoms with van der Waals surface area (Å²) in [4.78, 5) is 57.3. The minimum atomic E-state index is -1.35. The number of nitrogens with zero attached hydrogens (tertiary/aromatic N) is 1. The van der Waals surface area contributed by atoms with Gasteiger partial charge in [-0.25, -0.2) is 9.59 Å². The van der Waals surface area contributed by atoms with Gasteiger partial charge in [0.2, 0.25) is 5.91 Å². The van der Waals surface area contributed by atoms with Crippen LogP contribution in [0.25, 0.3) is 0 Å². The molecule has 0 aromatic heterocycles. The number of carboxylic acids is 4. The van der Waals surface area contributed by atoms with Crippen molar-refractivity contribution in [3.05, 3.63) is 24.3 Å². The van der Waals surface area contributed by atoms with E-state index in [1.807, 2.05) is 38.2 Å². The Morgan fingerprint density at radius 2 is 1.31 bits per heavy atom. The number of rotatable bonds is 20. The van der Waals surface area contributed by atoms with E-state index in [9.17, 15) is 34.2 Å². The average molecular weight is 581 g/mol. The molecule has 0 aromatic carbocycles. The predicted molar refractivity (Wildman–Crippen MR) is 142 cm³/mol. The zero-order chi connectivity index (χ0) is 29.3. The summed E-state index contributed by atoms with van der Waals surface area (Å²) in [5, 5.41) is 50.2. The molecule has 0 bridgehead atoms. The SMILES string of the molecule is CC/C=C/CCCC(=O)N[C@@H](CCC(=O)O)C(=O)O.CC/C=C/CCCC([O-])=N[C@@H](CCC(=O)[O-])C(=O)O.[Ca+2]. The van der Waals surface area contributed by atoms with Crippen LogP contribution in [0.15, 0.2) is 29.3 Å². The van der Waals surface area contributed by atoms with Crippen LogP contribution in [0.3, 0.4) is 0 Å². The van der Waals surface area contributed by atoms with Gasteiger partial charge in [0.15, 0.2) is 0 Å². The fourth-order valence-electron chi connectivity index (χ4n) is 2.85. The quantitative estimate of drug-likeness (QED) is 0.0527. The van der Waals surface area contributed by atoms with Crippen LogP contribution >= 0.6 is 0 Å². The molecule has 0 radical (unpaired) electrons. The van der Waals surface area contributed by atoms with Crippen LogP contribution in [0.2, 0.25) is 0 Å². The summed E-state index contributed by atoms with van der Waals surface area (Å²) in [7, 11) is 0. The van der Waals surface area contributed by atoms with Crippen molar-refractivity contribution in [1.29, 1.82) is 0 Å². The van der Waals surface area contributed by atoms with Crippen molar-refractivity contribution in [3.63, 3.8) is 0 Å². The first-order valence-electron chi connectivity index (χ1n) is 12.6. The molecule has 4 N–H and O–H groups in total. The van der Waals surface area contributed by atoms with Crippen LogP contribution in [-0.4, -0.2) is 101 Å². The Labute approximate surface area is 259 Å². The Morgan fingerprint density at radius 1 is 0.769 bits per heavy atom. The molecule has 0 rings (SSSR count). The molecular formula is C26H40CaN2O10. The Morgan fingerprint density at radius 3 is 1.74 bits per heavy atom. The van der Waals surface area contributed by atoms with Gasteiger partial charge in [0.05, 0.1) is 0 Å². The maximum atomic E-state index is 11.5. The summed E-state index contributed by atoms with van der Waals surface area (Å²) >= 11 is 0. The first-order valence-corrected chi connectivity index (χ1v) is 12.6. The van der Waals surface area contributed by atoms with Gasteiger partial charge in [-0.1, -0.05) is 38.2 Å². The number of aliphatic carboxylic acids is 4. The van der Waals surface area contributed by atoms with Gasteiger partial charge in [0.25, 0.3) is 0 Å². The smallest absolute Gasteiger partial charge is 0.862 e. The normalized spacial score (nSPS) is 12.6. The summed E-state index contributed by atoms with van der Waals surface area (Å²) in [6.07, 6.45) is 11.9. The molecule has 0 aliphatic rings. The first-order chi connectivity index (χ1) is 17.9. The number of nitrogens with one attached hydrogen (secondary N) is 1. The van der Waals surface area contributed by atoms with Crippen LogP contribution in [0.5, 0.6) is 0 Å². The van der Waals surface area contributed by atoms with Gasteiger partial charge in [-0.05, 0) is 70.1 Å². The fraction of sp³-hybridized carbons (Fsp3) is 0.615. The van der Waals surface area contributed by atoms with Crippen LogP contribution < -0.4 is 15.5 Å². The van der Waals surface area contributed by atoms with E-state index in [1.165, 1.54) is 0 Å². The van der Waals surface area contributed by atoms with Crippen molar-refractivity contribution in [2.75, 3.05) is 0 Å². The topological polar surface area (TPSA) is 217 Å². The molecule has 12 nitrogen and oxygen atoms in total. The number of allylic oxidation sites excluding steroid dienone is 4. The molecule has 0 saturated carbocycles. The Balaban J connectivity index is -0.000000648. The van der Waals surface area contributed by atoms with Gasteiger partial charge in [0.1, 0.15) is 12.1 Å². The first kappa shape index (κ1) is 41.0. The number of hydrogen-bond donors (Lipinski definition) is 4. The molecule has 0 saturated heterocycles. The molecular weight excluding hydrogens is 540 g/mol. The minimum Gasteiger partial charge on any atom is -0.862 e. The average Bonchev–Trinajstić information content (AvgIpc) is 2.83. The minimum absolute atomic E-state index is 0. The van der Waals surface area contributed by atoms with E-state index in [0.29, 0.717) is 12.8 Å². The van der Waals surface area contributed by atoms with E-state index in [2.05, 4.69) is 10.3 Å². The number of carboxylic acid groups (broad SMARTS) is 4. The van der Waals surface area contributed by atoms with Crippen molar-refractivity contribution in [1.82, 2.24) is 5.32 Å². The standard InChI is InChI=1S/2C13H21NO5.Ca/c2*1-2-3-4-5-6-7-11(15)14-10(13(18)19)8-9-12(16)17;/h2*3-4,10H,2,5-9H2,1H3,(H,14,15)(H,16,17)(H,18,19);/q;;+2/p-2/b2*4-3+;/t2*10-;/m00./s1. The van der Waals surface area contributed by atoms with E-state index in [0.717, 1.165) is 25.7 Å². The summed E-state index contributed by atoms with van der Waals surface area (Å²) in [6, 6.07) is -2.42. The maximum absolute atomic E-state index is 11.5. The van der Waals surface area contributed by atoms with E-state index >= 15 is 0 Å². The number of carbonyl (C=O) groups excluding carboxylic acids is 2. The number of amides is 1. The number of aliphatic imine (C=N–C) groups is 1. The Bertz CT molecular complexity index is 828. The van der Waals surface area contributed by atoms with Gasteiger partial charge in [0, 0.05) is 18.8 Å². The van der Waals surface area contributed by atoms with Crippen molar-refractivity contribution in [3.8, 4) is 0 Å². The summed E-state index contributed by atoms with van der Waals surface area (Å²) in [5.41, 5.74) is 0. The van der Waals surface area contributed by atoms with E-state index in [-0.39, 0.29) is 75.7 Å². The third-order valence-corrected chi connectivity index (χ3v) is 4.83. The van der Waals surface area contributed by atoms with Crippen molar-refractivity contribution < 1.29 is 49.5 Å². The van der Waals surface area contributed by atoms with Gasteiger partial charge >= 0.3 is 55.6 Å². The van der Waals surface area contributed by atoms with Crippen LogP contribution in [-0.2, 0) is 24.0 Å². The van der Waals surface area contributed by atoms with Gasteiger partial charge in [-0.15, -0.1) is 0 Å². The van der Waals surface area contributed by atoms with E-state index in [4.69, 9.17) is 15.3 Å². The van der Waals surface area contributed by atoms with Crippen molar-refractivity contribution >= 4 is 73.4 Å². The molecule has 0 heterocycles. The Hall–Kier alpha value is -2.44. The van der Waals surface area contributed by atoms with E-state index in [1.54, 1.807) is 0 Å². The molecule has 2 atom stereocenters. The molecule has 0 aliphatic carbocycles. The van der Waals surface area contributed by atoms with Crippen molar-refractivity contribution in [2.24, 2.45) is 4.99 Å². The third-order valence-electron chi connectivity index (χ3n) is 4.83. The third kappa shape index (κ3) is 28.4. The zero-order valence-corrected chi connectivity index (χ0v) is 25.0.